The molecular weight excluding hydrogens is 277 g/mol. The van der Waals surface area contributed by atoms with Crippen LogP contribution in [-0.2, 0) is 5.41 Å². The first-order valence-corrected chi connectivity index (χ1v) is 5.49. The minimum absolute atomic E-state index is 0. The Kier molecular flexibility index (Phi) is 2.51. The third kappa shape index (κ3) is 1.66. The predicted molar refractivity (Wildman–Crippen MR) is 64.5 cm³/mol. The maximum Gasteiger partial charge on any atom is 0.160 e. The first-order valence-electron chi connectivity index (χ1n) is 4.70. The standard InChI is InChI=1S/C10H10BrN3.ClH/c1-10(4-5-10)9-13-12-8-3-2-7(11)6-14(8)9;/h2-3,6H,4-5H2,1H3;1H. The number of fused-ring (bicyclic) bond motifs is 1. The Morgan fingerprint density at radius 1 is 1.33 bits per heavy atom. The zero-order valence-electron chi connectivity index (χ0n) is 8.27. The van der Waals surface area contributed by atoms with E-state index in [1.807, 2.05) is 18.3 Å². The van der Waals surface area contributed by atoms with Gasteiger partial charge in [0.05, 0.1) is 0 Å². The quantitative estimate of drug-likeness (QED) is 0.807. The molecular formula is C10H11BrClN3. The van der Waals surface area contributed by atoms with Crippen LogP contribution in [0, 0.1) is 0 Å². The van der Waals surface area contributed by atoms with Crippen LogP contribution in [0.15, 0.2) is 22.8 Å². The Hall–Kier alpha value is -0.610. The van der Waals surface area contributed by atoms with Gasteiger partial charge in [0, 0.05) is 16.1 Å². The van der Waals surface area contributed by atoms with E-state index in [0.29, 0.717) is 0 Å². The number of hydrogen-bond acceptors (Lipinski definition) is 2. The molecule has 0 spiro atoms. The smallest absolute Gasteiger partial charge is 0.160 e. The second-order valence-corrected chi connectivity index (χ2v) is 5.08. The maximum absolute atomic E-state index is 4.26. The molecule has 0 radical (unpaired) electrons. The third-order valence-corrected chi connectivity index (χ3v) is 3.38. The van der Waals surface area contributed by atoms with E-state index in [1.165, 1.54) is 12.8 Å². The largest absolute Gasteiger partial charge is 0.285 e. The van der Waals surface area contributed by atoms with E-state index in [2.05, 4.69) is 37.5 Å². The minimum Gasteiger partial charge on any atom is -0.285 e. The number of aromatic nitrogens is 3. The molecule has 15 heavy (non-hydrogen) atoms. The summed E-state index contributed by atoms with van der Waals surface area (Å²) in [7, 11) is 0. The first-order chi connectivity index (χ1) is 6.69. The highest BCUT2D eigenvalue weighted by molar-refractivity contribution is 9.10. The maximum atomic E-state index is 4.26. The van der Waals surface area contributed by atoms with Gasteiger partial charge in [-0.15, -0.1) is 22.6 Å². The summed E-state index contributed by atoms with van der Waals surface area (Å²) in [5.74, 6) is 1.09. The van der Waals surface area contributed by atoms with Crippen molar-refractivity contribution in [1.82, 2.24) is 14.6 Å². The highest BCUT2D eigenvalue weighted by Gasteiger charge is 2.43. The molecule has 5 heteroatoms. The van der Waals surface area contributed by atoms with E-state index < -0.39 is 0 Å². The summed E-state index contributed by atoms with van der Waals surface area (Å²) in [5.41, 5.74) is 1.19. The molecule has 0 atom stereocenters. The van der Waals surface area contributed by atoms with E-state index in [4.69, 9.17) is 0 Å². The average molecular weight is 289 g/mol. The second-order valence-electron chi connectivity index (χ2n) is 4.16. The molecule has 1 fully saturated rings. The summed E-state index contributed by atoms with van der Waals surface area (Å²) < 4.78 is 3.15. The van der Waals surface area contributed by atoms with Gasteiger partial charge in [0.2, 0.25) is 0 Å². The van der Waals surface area contributed by atoms with E-state index in [0.717, 1.165) is 15.9 Å². The SMILES string of the molecule is CC1(c2nnc3ccc(Br)cn23)CC1.Cl. The molecule has 0 saturated heterocycles. The van der Waals surface area contributed by atoms with Crippen LogP contribution in [0.4, 0.5) is 0 Å². The Bertz CT molecular complexity index is 504. The van der Waals surface area contributed by atoms with E-state index >= 15 is 0 Å². The molecule has 1 saturated carbocycles. The van der Waals surface area contributed by atoms with Gasteiger partial charge in [-0.25, -0.2) is 0 Å². The Morgan fingerprint density at radius 2 is 2.07 bits per heavy atom. The minimum atomic E-state index is 0. The average Bonchev–Trinajstić information content (AvgIpc) is 2.77. The van der Waals surface area contributed by atoms with Gasteiger partial charge < -0.3 is 0 Å². The molecule has 1 aliphatic rings. The third-order valence-electron chi connectivity index (χ3n) is 2.91. The fourth-order valence-electron chi connectivity index (χ4n) is 1.69. The van der Waals surface area contributed by atoms with Crippen molar-refractivity contribution in [2.24, 2.45) is 0 Å². The van der Waals surface area contributed by atoms with Gasteiger partial charge in [0.15, 0.2) is 5.65 Å². The van der Waals surface area contributed by atoms with Gasteiger partial charge in [-0.2, -0.15) is 0 Å². The van der Waals surface area contributed by atoms with Crippen molar-refractivity contribution in [1.29, 1.82) is 0 Å². The summed E-state index contributed by atoms with van der Waals surface area (Å²) in [4.78, 5) is 0. The van der Waals surface area contributed by atoms with Crippen molar-refractivity contribution < 1.29 is 0 Å². The van der Waals surface area contributed by atoms with Crippen molar-refractivity contribution in [3.05, 3.63) is 28.6 Å². The summed E-state index contributed by atoms with van der Waals surface area (Å²) in [6.07, 6.45) is 4.48. The van der Waals surface area contributed by atoms with Gasteiger partial charge in [0.1, 0.15) is 5.82 Å². The highest BCUT2D eigenvalue weighted by atomic mass is 79.9. The molecule has 2 heterocycles. The summed E-state index contributed by atoms with van der Waals surface area (Å²) in [5, 5.41) is 8.42. The van der Waals surface area contributed by atoms with Crippen molar-refractivity contribution in [2.75, 3.05) is 0 Å². The Labute approximate surface area is 102 Å². The molecule has 1 aliphatic carbocycles. The van der Waals surface area contributed by atoms with Gasteiger partial charge >= 0.3 is 0 Å². The highest BCUT2D eigenvalue weighted by Crippen LogP contribution is 2.46. The molecule has 0 unspecified atom stereocenters. The lowest BCUT2D eigenvalue weighted by atomic mass is 10.1. The molecule has 2 aromatic heterocycles. The lowest BCUT2D eigenvalue weighted by molar-refractivity contribution is 0.696. The van der Waals surface area contributed by atoms with Crippen LogP contribution >= 0.6 is 28.3 Å². The van der Waals surface area contributed by atoms with Crippen molar-refractivity contribution in [2.45, 2.75) is 25.2 Å². The monoisotopic (exact) mass is 287 g/mol. The fraction of sp³-hybridized carbons (Fsp3) is 0.400. The van der Waals surface area contributed by atoms with Crippen LogP contribution in [0.3, 0.4) is 0 Å². The van der Waals surface area contributed by atoms with Crippen molar-refractivity contribution in [3.8, 4) is 0 Å². The molecule has 0 aliphatic heterocycles. The van der Waals surface area contributed by atoms with Crippen molar-refractivity contribution in [3.63, 3.8) is 0 Å². The van der Waals surface area contributed by atoms with Crippen LogP contribution in [0.2, 0.25) is 0 Å². The molecule has 0 N–H and O–H groups in total. The van der Waals surface area contributed by atoms with E-state index in [1.54, 1.807) is 0 Å². The number of rotatable bonds is 1. The summed E-state index contributed by atoms with van der Waals surface area (Å²) >= 11 is 3.46. The lowest BCUT2D eigenvalue weighted by Gasteiger charge is -2.05. The van der Waals surface area contributed by atoms with Crippen LogP contribution in [0.5, 0.6) is 0 Å². The predicted octanol–water partition coefficient (Wildman–Crippen LogP) is 2.97. The van der Waals surface area contributed by atoms with Crippen molar-refractivity contribution >= 4 is 34.0 Å². The Morgan fingerprint density at radius 3 is 2.73 bits per heavy atom. The molecule has 0 amide bonds. The lowest BCUT2D eigenvalue weighted by Crippen LogP contribution is -2.06. The van der Waals surface area contributed by atoms with Gasteiger partial charge in [-0.1, -0.05) is 6.92 Å². The zero-order chi connectivity index (χ0) is 9.76. The van der Waals surface area contributed by atoms with Crippen LogP contribution in [-0.4, -0.2) is 14.6 Å². The molecule has 2 aromatic rings. The topological polar surface area (TPSA) is 30.2 Å². The summed E-state index contributed by atoms with van der Waals surface area (Å²) in [6.45, 7) is 2.24. The molecule has 3 nitrogen and oxygen atoms in total. The van der Waals surface area contributed by atoms with Crippen LogP contribution in [0.25, 0.3) is 5.65 Å². The summed E-state index contributed by atoms with van der Waals surface area (Å²) in [6, 6.07) is 3.97. The normalized spacial score (nSPS) is 17.5. The Balaban J connectivity index is 0.000000853. The molecule has 0 aromatic carbocycles. The van der Waals surface area contributed by atoms with Gasteiger partial charge in [0.25, 0.3) is 0 Å². The van der Waals surface area contributed by atoms with Gasteiger partial charge in [-0.05, 0) is 40.9 Å². The number of pyridine rings is 1. The molecule has 0 bridgehead atoms. The van der Waals surface area contributed by atoms with Gasteiger partial charge in [-0.3, -0.25) is 4.40 Å². The second kappa shape index (κ2) is 3.46. The van der Waals surface area contributed by atoms with E-state index in [-0.39, 0.29) is 17.8 Å². The number of halogens is 2. The van der Waals surface area contributed by atoms with Crippen LogP contribution < -0.4 is 0 Å². The van der Waals surface area contributed by atoms with Crippen LogP contribution in [0.1, 0.15) is 25.6 Å². The molecule has 80 valence electrons. The first kappa shape index (κ1) is 10.9. The van der Waals surface area contributed by atoms with E-state index in [9.17, 15) is 0 Å². The number of hydrogen-bond donors (Lipinski definition) is 0. The zero-order valence-corrected chi connectivity index (χ0v) is 10.7. The molecule has 3 rings (SSSR count). The number of nitrogens with zero attached hydrogens (tertiary/aromatic N) is 3. The fourth-order valence-corrected chi connectivity index (χ4v) is 2.02.